The van der Waals surface area contributed by atoms with Crippen LogP contribution in [0, 0.1) is 5.92 Å². The van der Waals surface area contributed by atoms with Crippen molar-refractivity contribution in [3.8, 4) is 11.5 Å². The Balaban J connectivity index is 0.00000404. The number of nitrogens with zero attached hydrogens (tertiary/aromatic N) is 5. The van der Waals surface area contributed by atoms with Crippen molar-refractivity contribution >= 4 is 97.2 Å². The molecule has 5 aliphatic rings. The third kappa shape index (κ3) is 18.7. The summed E-state index contributed by atoms with van der Waals surface area (Å²) in [6.07, 6.45) is -5.23. The van der Waals surface area contributed by atoms with Gasteiger partial charge in [-0.1, -0.05) is 40.6 Å². The lowest BCUT2D eigenvalue weighted by Gasteiger charge is -2.48. The molecule has 14 atom stereocenters. The van der Waals surface area contributed by atoms with Crippen LogP contribution in [0.1, 0.15) is 163 Å². The van der Waals surface area contributed by atoms with Gasteiger partial charge in [0.25, 0.3) is 11.5 Å². The number of rotatable bonds is 28. The molecule has 10 rings (SSSR count). The lowest BCUT2D eigenvalue weighted by Crippen LogP contribution is -2.58. The molecule has 3 aliphatic heterocycles. The van der Waals surface area contributed by atoms with Gasteiger partial charge in [-0.15, -0.1) is 0 Å². The number of aromatic amines is 1. The number of likely N-dealkylation sites (N-methyl/N-ethyl adjacent to an activating group) is 1. The van der Waals surface area contributed by atoms with Crippen molar-refractivity contribution in [2.24, 2.45) is 10.9 Å². The van der Waals surface area contributed by atoms with Crippen LogP contribution < -0.4 is 21.9 Å². The number of aliphatic hydroxyl groups is 2. The number of hydrogen-bond acceptors (Lipinski definition) is 32. The molecule has 3 saturated heterocycles. The number of nitrogens with two attached hydrogens (primary N) is 1. The first-order valence-corrected chi connectivity index (χ1v) is 35.9. The number of anilines is 2. The molecule has 1 amide bonds. The zero-order valence-corrected chi connectivity index (χ0v) is 59.2. The molecule has 0 radical (unpaired) electrons. The first kappa shape index (κ1) is 78.7. The number of hydrogen-bond donors (Lipinski definition) is 9. The van der Waals surface area contributed by atoms with Gasteiger partial charge in [-0.2, -0.15) is 19.8 Å². The second-order valence-electron chi connectivity index (χ2n) is 25.7. The van der Waals surface area contributed by atoms with Crippen LogP contribution in [0.15, 0.2) is 64.5 Å². The molecule has 5 aromatic rings. The molecule has 554 valence electrons. The number of amides is 1. The predicted molar refractivity (Wildman–Crippen MR) is 368 cm³/mol. The molecule has 103 heavy (non-hydrogen) atoms. The first-order chi connectivity index (χ1) is 49.2. The number of ketones is 4. The summed E-state index contributed by atoms with van der Waals surface area (Å²) in [5, 5.41) is 61.8. The Morgan fingerprint density at radius 3 is 2.28 bits per heavy atom. The van der Waals surface area contributed by atoms with Gasteiger partial charge in [0.1, 0.15) is 35.4 Å². The number of aliphatic imine (C=N–C) groups is 1. The lowest BCUT2D eigenvalue weighted by molar-refractivity contribution is -0.324. The van der Waals surface area contributed by atoms with E-state index in [1.54, 1.807) is 52.0 Å². The third-order valence-electron chi connectivity index (χ3n) is 18.7. The molecule has 2 aliphatic carbocycles. The minimum atomic E-state index is -1.81. The maximum atomic E-state index is 14.1. The summed E-state index contributed by atoms with van der Waals surface area (Å²) >= 11 is 0. The monoisotopic (exact) mass is 1470 g/mol. The number of H-pyrrole nitrogens is 1. The Bertz CT molecular complexity index is 4070. The number of methoxy groups -OCH3 is 1. The number of nitrogens with one attached hydrogen (secondary N) is 3. The van der Waals surface area contributed by atoms with E-state index in [0.717, 1.165) is 7.11 Å². The lowest BCUT2D eigenvalue weighted by atomic mass is 9.67. The number of esters is 1. The van der Waals surface area contributed by atoms with Crippen LogP contribution in [0.4, 0.5) is 11.6 Å². The van der Waals surface area contributed by atoms with Gasteiger partial charge < -0.3 is 79.7 Å². The van der Waals surface area contributed by atoms with E-state index in [0.29, 0.717) is 47.7 Å². The summed E-state index contributed by atoms with van der Waals surface area (Å²) in [4.78, 5) is 146. The van der Waals surface area contributed by atoms with Gasteiger partial charge in [0.15, 0.2) is 41.6 Å². The molecular weight excluding hydrogens is 1390 g/mol. The van der Waals surface area contributed by atoms with Gasteiger partial charge in [-0.3, -0.25) is 43.5 Å². The minimum Gasteiger partial charge on any atom is -0.507 e. The number of phenols is 2. The summed E-state index contributed by atoms with van der Waals surface area (Å²) in [7, 11) is 7.45. The van der Waals surface area contributed by atoms with Crippen LogP contribution in [0.2, 0.25) is 0 Å². The Kier molecular flexibility index (Phi) is 27.0. The number of ether oxygens (including phenoxy) is 7. The number of nitrogen functional groups attached to an aromatic ring is 1. The highest BCUT2D eigenvalue weighted by molar-refractivity contribution is 8.76. The quantitative estimate of drug-likeness (QED) is 0.0105. The third-order valence-corrected chi connectivity index (χ3v) is 21.1. The number of aromatic nitrogens is 4. The summed E-state index contributed by atoms with van der Waals surface area (Å²) in [6, 6.07) is 11.6. The summed E-state index contributed by atoms with van der Waals surface area (Å²) in [5.74, 6) is -6.96. The summed E-state index contributed by atoms with van der Waals surface area (Å²) in [6.45, 7) is 7.38. The normalized spacial score (nSPS) is 25.8. The number of fused-ring (bicyclic) bond motifs is 4. The van der Waals surface area contributed by atoms with Crippen molar-refractivity contribution in [1.82, 2.24) is 30.2 Å². The summed E-state index contributed by atoms with van der Waals surface area (Å²) < 4.78 is 43.8. The average Bonchev–Trinajstić information content (AvgIpc) is 0.711. The van der Waals surface area contributed by atoms with Crippen molar-refractivity contribution in [2.45, 2.75) is 178 Å². The molecule has 3 fully saturated rings. The number of phenolic OH excluding ortho intramolecular Hbond substituents is 2. The number of Topliss-reactive ketones (excluding diaryl/α,β-unsaturated/α-hetero) is 2. The van der Waals surface area contributed by atoms with Crippen LogP contribution >= 0.6 is 21.6 Å². The average molecular weight is 1470 g/mol. The van der Waals surface area contributed by atoms with E-state index >= 15 is 0 Å². The topological polar surface area (TPSA) is 466 Å². The fraction of sp³-hybridized carbons (Fsp3) is 0.522. The largest absolute Gasteiger partial charge is 0.507 e. The molecule has 0 saturated carbocycles. The molecular formula is C69H83N9O23S2. The molecule has 0 spiro atoms. The molecule has 2 aromatic heterocycles. The van der Waals surface area contributed by atoms with E-state index in [4.69, 9.17) is 53.7 Å². The number of carbonyl (C=O) groups excluding carboxylic acids is 9. The Morgan fingerprint density at radius 1 is 0.893 bits per heavy atom. The van der Waals surface area contributed by atoms with Crippen molar-refractivity contribution in [3.63, 3.8) is 0 Å². The number of aromatic hydroxyl groups is 2. The van der Waals surface area contributed by atoms with Gasteiger partial charge in [-0.25, -0.2) is 14.8 Å². The van der Waals surface area contributed by atoms with Crippen LogP contribution in [-0.2, 0) is 73.4 Å². The van der Waals surface area contributed by atoms with Crippen molar-refractivity contribution in [3.05, 3.63) is 110 Å². The van der Waals surface area contributed by atoms with Crippen molar-refractivity contribution in [1.29, 1.82) is 0 Å². The maximum Gasteiger partial charge on any atom is 0.373 e. The van der Waals surface area contributed by atoms with E-state index in [2.05, 4.69) is 40.4 Å². The minimum absolute atomic E-state index is 0.00567. The zero-order valence-electron chi connectivity index (χ0n) is 57.5. The molecule has 6 unspecified atom stereocenters. The van der Waals surface area contributed by atoms with Gasteiger partial charge in [0.2, 0.25) is 11.7 Å². The van der Waals surface area contributed by atoms with Crippen LogP contribution in [0.3, 0.4) is 0 Å². The summed E-state index contributed by atoms with van der Waals surface area (Å²) in [5.41, 5.74) is 4.76. The fourth-order valence-electron chi connectivity index (χ4n) is 13.3. The first-order valence-electron chi connectivity index (χ1n) is 33.4. The number of carbonyl (C=O) groups is 7. The van der Waals surface area contributed by atoms with E-state index in [9.17, 15) is 58.8 Å². The molecule has 3 aromatic carbocycles. The van der Waals surface area contributed by atoms with Gasteiger partial charge in [0, 0.05) is 103 Å². The molecule has 34 heteroatoms. The van der Waals surface area contributed by atoms with Crippen molar-refractivity contribution < 1.29 is 107 Å². The highest BCUT2D eigenvalue weighted by atomic mass is 33.1. The van der Waals surface area contributed by atoms with E-state index in [-0.39, 0.29) is 144 Å². The van der Waals surface area contributed by atoms with Gasteiger partial charge >= 0.3 is 18.1 Å². The van der Waals surface area contributed by atoms with Crippen LogP contribution in [0.5, 0.6) is 11.5 Å². The van der Waals surface area contributed by atoms with Gasteiger partial charge in [-0.05, 0) is 96.1 Å². The second kappa shape index (κ2) is 35.3. The van der Waals surface area contributed by atoms with Crippen LogP contribution in [-0.4, -0.2) is 216 Å². The zero-order chi connectivity index (χ0) is 74.6. The van der Waals surface area contributed by atoms with E-state index in [1.807, 2.05) is 19.0 Å². The second-order valence-corrected chi connectivity index (χ2v) is 28.3. The van der Waals surface area contributed by atoms with Crippen molar-refractivity contribution in [2.75, 3.05) is 56.9 Å². The van der Waals surface area contributed by atoms with Gasteiger partial charge in [0.05, 0.1) is 85.3 Å². The maximum absolute atomic E-state index is 14.1. The standard InChI is InChI=1S/C68H83N9O21S2.CO2/c1-8-68(89)27-48(53-42(55(68)66(88)91-7)24-43-54(59(53)84)58(83)52-41(57(43)82)12-9-13-46(52)80)95-50-25-45(77(5)6)60(33(3)93-50)97-51-26-47(81)61(34(4)94-51)96-49-19-18-44(32(2)92-49)72-30-40(79)20-22-99-100-31-36(65(87)98-90)23-39(78)11-10-21-70-63(85)35-14-16-37(17-15-35)71-28-38-29-73-62-56(74-38)64(86)76-67(69)75-62;2-1-3/h9,12-17,24,29,32-34,36,45,47-51,55,60-61,71,80-81,84,89-90H,8,10-11,18-23,25-28,30-31H2,1-7H3,(H,70,85)(H3,69,73,75,76,86);/t32?,33?,34?,36?,45?,47?,48-,49-,50-,51-,55-,60+,61+,68+;/m0./s1. The number of benzene rings is 3. The number of aliphatic hydroxyl groups excluding tert-OH is 1. The highest BCUT2D eigenvalue weighted by Gasteiger charge is 2.54. The fourth-order valence-corrected chi connectivity index (χ4v) is 15.7. The predicted octanol–water partition coefficient (Wildman–Crippen LogP) is 4.81. The SMILES string of the molecule is CC[C@@]1(O)C[C@H](O[C@H]2CC(N(C)C)[C@H](O[C@H]3CC(O)[C@H](O[C@H]4CCC(=NCC(=O)CCSSCC(CC(=O)CCCNC(=O)c5ccc(NCc6cnc7nc(N)[nH]c(=O)c7n6)cc5)C(=O)OO)C(C)O4)C(C)O3)C(C)O2)c2c(cc3c(c2O)C(=O)c2c(O)cccc2C3=O)[C@H]1C(=O)OC.O=C=O. The Hall–Kier alpha value is -8.48. The van der Waals surface area contributed by atoms with E-state index in [1.165, 1.54) is 52.1 Å². The van der Waals surface area contributed by atoms with E-state index < -0.39 is 126 Å². The molecule has 0 bridgehead atoms. The van der Waals surface area contributed by atoms with Crippen LogP contribution in [0.25, 0.3) is 11.2 Å². The molecule has 32 nitrogen and oxygen atoms in total. The Morgan fingerprint density at radius 2 is 1.60 bits per heavy atom. The highest BCUT2D eigenvalue weighted by Crippen LogP contribution is 2.54. The molecule has 5 heterocycles. The molecule has 10 N–H and O–H groups in total. The smallest absolute Gasteiger partial charge is 0.373 e. The Labute approximate surface area is 598 Å².